The van der Waals surface area contributed by atoms with Crippen molar-refractivity contribution < 1.29 is 14.3 Å². The van der Waals surface area contributed by atoms with E-state index in [4.69, 9.17) is 0 Å². The molecule has 1 aliphatic rings. The third-order valence-corrected chi connectivity index (χ3v) is 1.56. The molecule has 0 spiro atoms. The van der Waals surface area contributed by atoms with E-state index in [9.17, 15) is 9.59 Å². The molecule has 0 saturated carbocycles. The molecule has 1 rings (SSSR count). The number of rotatable bonds is 3. The Kier molecular flexibility index (Phi) is 2.85. The maximum atomic E-state index is 10.7. The quantitative estimate of drug-likeness (QED) is 0.346. The number of carbonyl (C=O) groups excluding carboxylic acids is 2. The van der Waals surface area contributed by atoms with Gasteiger partial charge in [0.05, 0.1) is 6.61 Å². The Hall–Kier alpha value is -1.32. The van der Waals surface area contributed by atoms with Crippen molar-refractivity contribution in [2.24, 2.45) is 0 Å². The summed E-state index contributed by atoms with van der Waals surface area (Å²) in [5, 5.41) is 0. The number of likely N-dealkylation sites (tertiary alicyclic amines) is 1. The Morgan fingerprint density at radius 2 is 2.50 bits per heavy atom. The van der Waals surface area contributed by atoms with Gasteiger partial charge >= 0.3 is 5.97 Å². The number of amides is 1. The third-order valence-electron chi connectivity index (χ3n) is 1.56. The fraction of sp³-hybridized carbons (Fsp3) is 0.500. The van der Waals surface area contributed by atoms with Crippen LogP contribution in [0.2, 0.25) is 0 Å². The Balaban J connectivity index is 2.29. The lowest BCUT2D eigenvalue weighted by Gasteiger charge is -2.26. The fourth-order valence-electron chi connectivity index (χ4n) is 0.831. The van der Waals surface area contributed by atoms with Gasteiger partial charge in [0, 0.05) is 25.2 Å². The van der Waals surface area contributed by atoms with Crippen LogP contribution in [0.3, 0.4) is 0 Å². The molecule has 0 aromatic rings. The van der Waals surface area contributed by atoms with Crippen LogP contribution in [0, 0.1) is 0 Å². The molecule has 0 aromatic carbocycles. The van der Waals surface area contributed by atoms with Crippen molar-refractivity contribution in [2.75, 3.05) is 13.2 Å². The van der Waals surface area contributed by atoms with Crippen LogP contribution in [0.5, 0.6) is 0 Å². The first-order chi connectivity index (χ1) is 5.74. The molecule has 0 atom stereocenters. The van der Waals surface area contributed by atoms with Crippen LogP contribution in [-0.2, 0) is 14.3 Å². The summed E-state index contributed by atoms with van der Waals surface area (Å²) in [6.07, 6.45) is 3.30. The first-order valence-electron chi connectivity index (χ1n) is 3.88. The molecular formula is C8H11NO3. The van der Waals surface area contributed by atoms with Gasteiger partial charge in [-0.05, 0) is 6.92 Å². The third kappa shape index (κ3) is 2.08. The monoisotopic (exact) mass is 169 g/mol. The molecule has 1 amide bonds. The number of hydrogen-bond donors (Lipinski definition) is 0. The smallest absolute Gasteiger partial charge is 0.332 e. The van der Waals surface area contributed by atoms with Crippen molar-refractivity contribution in [3.8, 4) is 0 Å². The van der Waals surface area contributed by atoms with Gasteiger partial charge in [-0.2, -0.15) is 0 Å². The molecule has 4 nitrogen and oxygen atoms in total. The molecule has 12 heavy (non-hydrogen) atoms. The zero-order valence-electron chi connectivity index (χ0n) is 6.95. The van der Waals surface area contributed by atoms with E-state index in [-0.39, 0.29) is 5.91 Å². The van der Waals surface area contributed by atoms with Crippen molar-refractivity contribution >= 4 is 11.9 Å². The number of nitrogens with zero attached hydrogens (tertiary/aromatic N) is 1. The molecule has 0 aliphatic carbocycles. The van der Waals surface area contributed by atoms with Gasteiger partial charge in [0.1, 0.15) is 0 Å². The second-order valence-electron chi connectivity index (χ2n) is 2.40. The summed E-state index contributed by atoms with van der Waals surface area (Å²) in [6, 6.07) is 0. The van der Waals surface area contributed by atoms with Crippen molar-refractivity contribution in [1.82, 2.24) is 4.90 Å². The van der Waals surface area contributed by atoms with Crippen LogP contribution in [0.1, 0.15) is 13.3 Å². The average Bonchev–Trinajstić information content (AvgIpc) is 2.03. The van der Waals surface area contributed by atoms with Gasteiger partial charge in [-0.1, -0.05) is 0 Å². The maximum absolute atomic E-state index is 10.7. The first-order valence-corrected chi connectivity index (χ1v) is 3.88. The molecule has 1 aliphatic heterocycles. The lowest BCUT2D eigenvalue weighted by Crippen LogP contribution is -2.38. The van der Waals surface area contributed by atoms with E-state index in [1.54, 1.807) is 6.92 Å². The Morgan fingerprint density at radius 3 is 2.92 bits per heavy atom. The zero-order chi connectivity index (χ0) is 8.97. The second-order valence-corrected chi connectivity index (χ2v) is 2.40. The van der Waals surface area contributed by atoms with Gasteiger partial charge in [0.2, 0.25) is 5.91 Å². The predicted octanol–water partition coefficient (Wildman–Crippen LogP) is 0.296. The van der Waals surface area contributed by atoms with E-state index in [0.29, 0.717) is 19.6 Å². The van der Waals surface area contributed by atoms with Gasteiger partial charge in [0.25, 0.3) is 0 Å². The number of carbonyl (C=O) groups is 2. The van der Waals surface area contributed by atoms with Gasteiger partial charge in [-0.3, -0.25) is 4.79 Å². The van der Waals surface area contributed by atoms with E-state index in [2.05, 4.69) is 4.74 Å². The summed E-state index contributed by atoms with van der Waals surface area (Å²) in [4.78, 5) is 23.0. The van der Waals surface area contributed by atoms with E-state index in [0.717, 1.165) is 0 Å². The summed E-state index contributed by atoms with van der Waals surface area (Å²) in [7, 11) is 0. The van der Waals surface area contributed by atoms with Crippen molar-refractivity contribution in [1.29, 1.82) is 0 Å². The van der Waals surface area contributed by atoms with Gasteiger partial charge in [0.15, 0.2) is 0 Å². The molecule has 66 valence electrons. The molecule has 0 bridgehead atoms. The minimum atomic E-state index is -0.405. The van der Waals surface area contributed by atoms with Crippen molar-refractivity contribution in [3.05, 3.63) is 12.3 Å². The van der Waals surface area contributed by atoms with E-state index < -0.39 is 5.97 Å². The Morgan fingerprint density at radius 1 is 1.75 bits per heavy atom. The molecule has 1 heterocycles. The minimum Gasteiger partial charge on any atom is -0.463 e. The lowest BCUT2D eigenvalue weighted by molar-refractivity contribution is -0.137. The van der Waals surface area contributed by atoms with Crippen molar-refractivity contribution in [2.45, 2.75) is 13.3 Å². The lowest BCUT2D eigenvalue weighted by atomic mass is 10.2. The van der Waals surface area contributed by atoms with Gasteiger partial charge in [-0.15, -0.1) is 0 Å². The van der Waals surface area contributed by atoms with Crippen LogP contribution in [0.4, 0.5) is 0 Å². The highest BCUT2D eigenvalue weighted by molar-refractivity contribution is 5.86. The van der Waals surface area contributed by atoms with Crippen LogP contribution in [-0.4, -0.2) is 29.9 Å². The molecule has 4 heteroatoms. The van der Waals surface area contributed by atoms with Crippen LogP contribution in [0.15, 0.2) is 12.3 Å². The normalized spacial score (nSPS) is 16.4. The van der Waals surface area contributed by atoms with E-state index >= 15 is 0 Å². The second kappa shape index (κ2) is 3.90. The Labute approximate surface area is 70.8 Å². The number of esters is 1. The van der Waals surface area contributed by atoms with Gasteiger partial charge < -0.3 is 9.64 Å². The molecule has 1 fully saturated rings. The Bertz CT molecular complexity index is 222. The fourth-order valence-corrected chi connectivity index (χ4v) is 0.831. The summed E-state index contributed by atoms with van der Waals surface area (Å²) in [5.41, 5.74) is 0. The summed E-state index contributed by atoms with van der Waals surface area (Å²) in [6.45, 7) is 2.80. The topological polar surface area (TPSA) is 46.6 Å². The van der Waals surface area contributed by atoms with Gasteiger partial charge in [-0.25, -0.2) is 4.79 Å². The largest absolute Gasteiger partial charge is 0.463 e. The summed E-state index contributed by atoms with van der Waals surface area (Å²) >= 11 is 0. The predicted molar refractivity (Wildman–Crippen MR) is 42.1 cm³/mol. The number of hydrogen-bond acceptors (Lipinski definition) is 3. The van der Waals surface area contributed by atoms with E-state index in [1.807, 2.05) is 0 Å². The van der Waals surface area contributed by atoms with Crippen LogP contribution in [0.25, 0.3) is 0 Å². The molecule has 1 saturated heterocycles. The molecule has 0 radical (unpaired) electrons. The maximum Gasteiger partial charge on any atom is 0.332 e. The zero-order valence-corrected chi connectivity index (χ0v) is 6.95. The molecule has 0 N–H and O–H groups in total. The molecular weight excluding hydrogens is 158 g/mol. The van der Waals surface area contributed by atoms with Crippen LogP contribution < -0.4 is 0 Å². The standard InChI is InChI=1S/C8H11NO3/c1-2-12-8(11)4-6-9-5-3-7(9)10/h4,6H,2-3,5H2,1H3/b6-4+. The highest BCUT2D eigenvalue weighted by Crippen LogP contribution is 2.07. The summed E-state index contributed by atoms with van der Waals surface area (Å²) in [5.74, 6) is -0.354. The SMILES string of the molecule is CCOC(=O)/C=C/N1CCC1=O. The highest BCUT2D eigenvalue weighted by atomic mass is 16.5. The highest BCUT2D eigenvalue weighted by Gasteiger charge is 2.20. The molecule has 0 aromatic heterocycles. The average molecular weight is 169 g/mol. The van der Waals surface area contributed by atoms with E-state index in [1.165, 1.54) is 17.2 Å². The number of β-lactam (4-membered cyclic amide) rings is 1. The minimum absolute atomic E-state index is 0.0514. The number of ether oxygens (including phenoxy) is 1. The van der Waals surface area contributed by atoms with Crippen molar-refractivity contribution in [3.63, 3.8) is 0 Å². The molecule has 0 unspecified atom stereocenters. The van der Waals surface area contributed by atoms with Crippen LogP contribution >= 0.6 is 0 Å². The summed E-state index contributed by atoms with van der Waals surface area (Å²) < 4.78 is 4.63. The first kappa shape index (κ1) is 8.77.